The Bertz CT molecular complexity index is 223. The van der Waals surface area contributed by atoms with E-state index in [4.69, 9.17) is 15.1 Å². The van der Waals surface area contributed by atoms with Crippen LogP contribution in [0.3, 0.4) is 0 Å². The van der Waals surface area contributed by atoms with Crippen molar-refractivity contribution in [3.63, 3.8) is 0 Å². The van der Waals surface area contributed by atoms with Crippen molar-refractivity contribution in [3.05, 3.63) is 0 Å². The van der Waals surface area contributed by atoms with E-state index >= 15 is 0 Å². The fourth-order valence-corrected chi connectivity index (χ4v) is 0.897. The zero-order chi connectivity index (χ0) is 10.6. The molecule has 0 aliphatic carbocycles. The third-order valence-corrected chi connectivity index (χ3v) is 2.78. The summed E-state index contributed by atoms with van der Waals surface area (Å²) in [4.78, 5) is 19.9. The summed E-state index contributed by atoms with van der Waals surface area (Å²) >= 11 is 0. The van der Waals surface area contributed by atoms with Gasteiger partial charge in [0, 0.05) is 0 Å². The Balaban J connectivity index is 4.06. The number of carbonyl (C=O) groups excluding carboxylic acids is 1. The first-order valence-electron chi connectivity index (χ1n) is 4.02. The number of carbonyl (C=O) groups is 1. The molecular formula is C7H16NO4P. The predicted octanol–water partition coefficient (Wildman–Crippen LogP) is 0.718. The van der Waals surface area contributed by atoms with Crippen molar-refractivity contribution < 1.29 is 19.0 Å². The minimum Gasteiger partial charge on any atom is -0.465 e. The van der Waals surface area contributed by atoms with Gasteiger partial charge in [0.25, 0.3) is 7.52 Å². The Labute approximate surface area is 77.8 Å². The van der Waals surface area contributed by atoms with Gasteiger partial charge >= 0.3 is 5.97 Å². The first-order chi connectivity index (χ1) is 5.75. The Morgan fingerprint density at radius 2 is 2.00 bits per heavy atom. The van der Waals surface area contributed by atoms with E-state index in [2.05, 4.69) is 0 Å². The largest absolute Gasteiger partial charge is 0.465 e. The van der Waals surface area contributed by atoms with Gasteiger partial charge in [-0.15, -0.1) is 0 Å². The van der Waals surface area contributed by atoms with Crippen molar-refractivity contribution in [1.82, 2.24) is 0 Å². The molecule has 2 atom stereocenters. The average Bonchev–Trinajstić information content (AvgIpc) is 1.96. The van der Waals surface area contributed by atoms with Crippen molar-refractivity contribution in [3.8, 4) is 0 Å². The quantitative estimate of drug-likeness (QED) is 0.526. The molecule has 6 heteroatoms. The van der Waals surface area contributed by atoms with Crippen LogP contribution in [0.25, 0.3) is 0 Å². The third kappa shape index (κ3) is 5.03. The zero-order valence-corrected chi connectivity index (χ0v) is 8.95. The van der Waals surface area contributed by atoms with Gasteiger partial charge < -0.3 is 9.63 Å². The molecule has 5 nitrogen and oxygen atoms in total. The minimum atomic E-state index is -3.85. The molecule has 78 valence electrons. The Morgan fingerprint density at radius 1 is 1.54 bits per heavy atom. The molecule has 0 fully saturated rings. The normalized spacial score (nSPS) is 18.0. The van der Waals surface area contributed by atoms with Crippen LogP contribution in [0.4, 0.5) is 0 Å². The smallest absolute Gasteiger partial charge is 0.319 e. The number of rotatable bonds is 4. The molecule has 0 spiro atoms. The summed E-state index contributed by atoms with van der Waals surface area (Å²) in [6, 6.07) is 0. The van der Waals surface area contributed by atoms with Crippen molar-refractivity contribution in [2.75, 3.05) is 6.61 Å². The molecule has 3 N–H and O–H groups in total. The van der Waals surface area contributed by atoms with Crippen molar-refractivity contribution in [2.45, 2.75) is 26.4 Å². The molecule has 0 amide bonds. The minimum absolute atomic E-state index is 0.201. The first-order valence-corrected chi connectivity index (χ1v) is 5.82. The van der Waals surface area contributed by atoms with Crippen LogP contribution in [-0.4, -0.2) is 23.1 Å². The topological polar surface area (TPSA) is 89.6 Å². The SMILES string of the molecule is CC(C)COC(=O)[C@H](C)P(N)(=O)O. The highest BCUT2D eigenvalue weighted by Crippen LogP contribution is 2.37. The molecule has 13 heavy (non-hydrogen) atoms. The van der Waals surface area contributed by atoms with E-state index in [1.807, 2.05) is 13.8 Å². The molecule has 0 aromatic rings. The first kappa shape index (κ1) is 12.6. The number of ether oxygens (including phenoxy) is 1. The van der Waals surface area contributed by atoms with E-state index in [-0.39, 0.29) is 12.5 Å². The lowest BCUT2D eigenvalue weighted by atomic mass is 10.2. The van der Waals surface area contributed by atoms with Crippen LogP contribution < -0.4 is 5.50 Å². The van der Waals surface area contributed by atoms with Gasteiger partial charge in [0.2, 0.25) is 0 Å². The van der Waals surface area contributed by atoms with E-state index in [0.717, 1.165) is 0 Å². The van der Waals surface area contributed by atoms with Crippen LogP contribution in [0.1, 0.15) is 20.8 Å². The number of hydrogen-bond donors (Lipinski definition) is 2. The molecule has 0 rings (SSSR count). The van der Waals surface area contributed by atoms with Crippen LogP contribution in [0.2, 0.25) is 0 Å². The number of hydrogen-bond acceptors (Lipinski definition) is 3. The van der Waals surface area contributed by atoms with Crippen molar-refractivity contribution in [2.24, 2.45) is 11.4 Å². The molecule has 0 aromatic carbocycles. The van der Waals surface area contributed by atoms with Gasteiger partial charge in [-0.25, -0.2) is 0 Å². The van der Waals surface area contributed by atoms with Gasteiger partial charge in [0.1, 0.15) is 5.66 Å². The van der Waals surface area contributed by atoms with Gasteiger partial charge in [-0.05, 0) is 12.8 Å². The molecule has 0 aliphatic rings. The molecule has 0 aliphatic heterocycles. The standard InChI is InChI=1S/C7H16NO4P/c1-5(2)4-12-7(9)6(3)13(8,10)11/h5-6H,4H2,1-3H3,(H3,8,10,11)/t6-/m0/s1. The second kappa shape index (κ2) is 4.74. The Hall–Kier alpha value is -0.380. The van der Waals surface area contributed by atoms with E-state index in [0.29, 0.717) is 0 Å². The van der Waals surface area contributed by atoms with Crippen molar-refractivity contribution in [1.29, 1.82) is 0 Å². The van der Waals surface area contributed by atoms with Crippen LogP contribution in [0.5, 0.6) is 0 Å². The fraction of sp³-hybridized carbons (Fsp3) is 0.857. The van der Waals surface area contributed by atoms with Gasteiger partial charge in [-0.3, -0.25) is 14.9 Å². The fourth-order valence-electron chi connectivity index (χ4n) is 0.520. The summed E-state index contributed by atoms with van der Waals surface area (Å²) in [5, 5.41) is 0. The van der Waals surface area contributed by atoms with Gasteiger partial charge in [0.05, 0.1) is 6.61 Å². The second-order valence-corrected chi connectivity index (χ2v) is 5.49. The molecule has 0 radical (unpaired) electrons. The Morgan fingerprint density at radius 3 is 2.31 bits per heavy atom. The van der Waals surface area contributed by atoms with Gasteiger partial charge in [-0.1, -0.05) is 13.8 Å². The van der Waals surface area contributed by atoms with Gasteiger partial charge in [0.15, 0.2) is 0 Å². The molecule has 0 saturated heterocycles. The summed E-state index contributed by atoms with van der Waals surface area (Å²) in [7, 11) is -3.85. The van der Waals surface area contributed by atoms with Crippen molar-refractivity contribution >= 4 is 13.5 Å². The lowest BCUT2D eigenvalue weighted by Gasteiger charge is -2.14. The predicted molar refractivity (Wildman–Crippen MR) is 49.3 cm³/mol. The highest BCUT2D eigenvalue weighted by atomic mass is 31.2. The second-order valence-electron chi connectivity index (χ2n) is 3.37. The molecule has 0 aromatic heterocycles. The van der Waals surface area contributed by atoms with Crippen LogP contribution >= 0.6 is 7.52 Å². The molecule has 0 saturated carbocycles. The summed E-state index contributed by atoms with van der Waals surface area (Å²) in [5.74, 6) is -0.519. The highest BCUT2D eigenvalue weighted by Gasteiger charge is 2.30. The molecule has 0 bridgehead atoms. The van der Waals surface area contributed by atoms with Crippen LogP contribution in [0, 0.1) is 5.92 Å². The monoisotopic (exact) mass is 209 g/mol. The maximum Gasteiger partial charge on any atom is 0.319 e. The highest BCUT2D eigenvalue weighted by molar-refractivity contribution is 7.57. The molecule has 0 heterocycles. The Kier molecular flexibility index (Phi) is 4.61. The average molecular weight is 209 g/mol. The summed E-state index contributed by atoms with van der Waals surface area (Å²) in [6.07, 6.45) is 0. The number of esters is 1. The van der Waals surface area contributed by atoms with Crippen LogP contribution in [0.15, 0.2) is 0 Å². The van der Waals surface area contributed by atoms with E-state index in [9.17, 15) is 9.36 Å². The lowest BCUT2D eigenvalue weighted by Crippen LogP contribution is -2.24. The summed E-state index contributed by atoms with van der Waals surface area (Å²) in [6.45, 7) is 5.27. The molecular weight excluding hydrogens is 193 g/mol. The zero-order valence-electron chi connectivity index (χ0n) is 8.06. The lowest BCUT2D eigenvalue weighted by molar-refractivity contribution is -0.144. The van der Waals surface area contributed by atoms with E-state index in [1.54, 1.807) is 0 Å². The number of nitrogens with two attached hydrogens (primary N) is 1. The third-order valence-electron chi connectivity index (χ3n) is 1.45. The van der Waals surface area contributed by atoms with E-state index in [1.165, 1.54) is 6.92 Å². The summed E-state index contributed by atoms with van der Waals surface area (Å²) < 4.78 is 15.6. The maximum absolute atomic E-state index is 11.1. The molecule has 1 unspecified atom stereocenters. The maximum atomic E-state index is 11.1. The van der Waals surface area contributed by atoms with Gasteiger partial charge in [-0.2, -0.15) is 0 Å². The van der Waals surface area contributed by atoms with Crippen LogP contribution in [-0.2, 0) is 14.1 Å². The van der Waals surface area contributed by atoms with E-state index < -0.39 is 19.1 Å². The summed E-state index contributed by atoms with van der Waals surface area (Å²) in [5.41, 5.74) is 3.75.